The van der Waals surface area contributed by atoms with Crippen LogP contribution in [0.15, 0.2) is 67.0 Å². The number of alkyl halides is 3. The highest BCUT2D eigenvalue weighted by molar-refractivity contribution is 5.86. The van der Waals surface area contributed by atoms with E-state index in [0.29, 0.717) is 16.7 Å². The van der Waals surface area contributed by atoms with E-state index in [1.807, 2.05) is 12.1 Å². The quantitative estimate of drug-likeness (QED) is 0.337. The van der Waals surface area contributed by atoms with Crippen molar-refractivity contribution >= 4 is 23.7 Å². The summed E-state index contributed by atoms with van der Waals surface area (Å²) in [5.41, 5.74) is 3.92. The van der Waals surface area contributed by atoms with Crippen LogP contribution in [0.25, 0.3) is 23.0 Å². The lowest BCUT2D eigenvalue weighted by Crippen LogP contribution is -2.10. The molecule has 36 heavy (non-hydrogen) atoms. The number of carboxylic acid groups (broad SMARTS) is 1. The lowest BCUT2D eigenvalue weighted by molar-refractivity contribution is -0.141. The maximum Gasteiger partial charge on any atom is 0.435 e. The minimum absolute atomic E-state index is 0.142. The smallest absolute Gasteiger partial charge is 0.435 e. The third-order valence-electron chi connectivity index (χ3n) is 5.84. The molecule has 0 unspecified atom stereocenters. The zero-order valence-electron chi connectivity index (χ0n) is 18.8. The zero-order chi connectivity index (χ0) is 25.3. The van der Waals surface area contributed by atoms with Gasteiger partial charge in [-0.05, 0) is 71.9 Å². The van der Waals surface area contributed by atoms with Crippen molar-refractivity contribution in [3.8, 4) is 16.9 Å². The van der Waals surface area contributed by atoms with Gasteiger partial charge in [-0.15, -0.1) is 0 Å². The average molecular weight is 491 g/mol. The number of fused-ring (bicyclic) bond motifs is 1. The maximum atomic E-state index is 13.2. The molecule has 0 saturated carbocycles. The number of anilines is 2. The first-order valence-electron chi connectivity index (χ1n) is 11.2. The lowest BCUT2D eigenvalue weighted by atomic mass is 10.0. The standard InChI is InChI=1S/C26H20F3N5O2/c27-26(28,29)22-11-12-34(33-22)24-21(19-6-1-3-16(13-19)7-10-23(35)36)15-30-25(32-24)31-20-9-8-17-4-2-5-18(17)14-20/h1,3,6-15H,2,4-5H2,(H,35,36)(H,30,31,32)/b10-7+. The number of aliphatic carboxylic acids is 1. The highest BCUT2D eigenvalue weighted by Gasteiger charge is 2.34. The van der Waals surface area contributed by atoms with Crippen molar-refractivity contribution in [3.05, 3.63) is 89.4 Å². The Labute approximate surface area is 204 Å². The van der Waals surface area contributed by atoms with E-state index in [9.17, 15) is 18.0 Å². The van der Waals surface area contributed by atoms with Crippen molar-refractivity contribution in [1.29, 1.82) is 0 Å². The van der Waals surface area contributed by atoms with Crippen molar-refractivity contribution in [3.63, 3.8) is 0 Å². The minimum atomic E-state index is -4.61. The molecule has 182 valence electrons. The number of nitrogens with zero attached hydrogens (tertiary/aromatic N) is 4. The molecular formula is C26H20F3N5O2. The van der Waals surface area contributed by atoms with E-state index in [-0.39, 0.29) is 11.8 Å². The van der Waals surface area contributed by atoms with Crippen molar-refractivity contribution in [2.45, 2.75) is 25.4 Å². The van der Waals surface area contributed by atoms with Gasteiger partial charge in [0.1, 0.15) is 0 Å². The highest BCUT2D eigenvalue weighted by atomic mass is 19.4. The third kappa shape index (κ3) is 4.97. The average Bonchev–Trinajstić information content (AvgIpc) is 3.52. The fourth-order valence-corrected chi connectivity index (χ4v) is 4.16. The summed E-state index contributed by atoms with van der Waals surface area (Å²) in [7, 11) is 0. The Bertz CT molecular complexity index is 1480. The SMILES string of the molecule is O=C(O)/C=C/c1cccc(-c2cnc(Nc3ccc4c(c3)CCC4)nc2-n2ccc(C(F)(F)F)n2)c1. The maximum absolute atomic E-state index is 13.2. The fourth-order valence-electron chi connectivity index (χ4n) is 4.16. The molecule has 10 heteroatoms. The lowest BCUT2D eigenvalue weighted by Gasteiger charge is -2.13. The number of hydrogen-bond donors (Lipinski definition) is 2. The van der Waals surface area contributed by atoms with Crippen molar-refractivity contribution in [2.24, 2.45) is 0 Å². The van der Waals surface area contributed by atoms with Gasteiger partial charge in [0.25, 0.3) is 0 Å². The second-order valence-electron chi connectivity index (χ2n) is 8.33. The first-order chi connectivity index (χ1) is 17.3. The summed E-state index contributed by atoms with van der Waals surface area (Å²) in [6, 6.07) is 13.8. The van der Waals surface area contributed by atoms with E-state index in [1.54, 1.807) is 24.3 Å². The van der Waals surface area contributed by atoms with Gasteiger partial charge in [-0.2, -0.15) is 23.3 Å². The van der Waals surface area contributed by atoms with E-state index in [0.717, 1.165) is 41.8 Å². The largest absolute Gasteiger partial charge is 0.478 e. The van der Waals surface area contributed by atoms with Crippen LogP contribution in [0.1, 0.15) is 28.8 Å². The van der Waals surface area contributed by atoms with Crippen LogP contribution in [0.4, 0.5) is 24.8 Å². The Morgan fingerprint density at radius 2 is 1.92 bits per heavy atom. The molecule has 0 bridgehead atoms. The third-order valence-corrected chi connectivity index (χ3v) is 5.84. The Morgan fingerprint density at radius 3 is 2.69 bits per heavy atom. The molecule has 0 fully saturated rings. The number of rotatable bonds is 6. The van der Waals surface area contributed by atoms with Crippen LogP contribution < -0.4 is 5.32 Å². The molecular weight excluding hydrogens is 471 g/mol. The van der Waals surface area contributed by atoms with Crippen LogP contribution in [-0.4, -0.2) is 30.8 Å². The molecule has 7 nitrogen and oxygen atoms in total. The Kier molecular flexibility index (Phi) is 6.01. The minimum Gasteiger partial charge on any atom is -0.478 e. The van der Waals surface area contributed by atoms with Gasteiger partial charge in [0, 0.05) is 29.7 Å². The van der Waals surface area contributed by atoms with Crippen molar-refractivity contribution in [1.82, 2.24) is 19.7 Å². The molecule has 0 radical (unpaired) electrons. The van der Waals surface area contributed by atoms with Crippen molar-refractivity contribution < 1.29 is 23.1 Å². The predicted octanol–water partition coefficient (Wildman–Crippen LogP) is 5.68. The molecule has 4 aromatic rings. The van der Waals surface area contributed by atoms with Gasteiger partial charge in [0.2, 0.25) is 5.95 Å². The summed E-state index contributed by atoms with van der Waals surface area (Å²) in [5.74, 6) is -0.746. The summed E-state index contributed by atoms with van der Waals surface area (Å²) < 4.78 is 40.8. The Hall–Kier alpha value is -4.47. The normalized spacial score (nSPS) is 13.2. The second-order valence-corrected chi connectivity index (χ2v) is 8.33. The monoisotopic (exact) mass is 491 g/mol. The van der Waals surface area contributed by atoms with Gasteiger partial charge < -0.3 is 10.4 Å². The molecule has 2 N–H and O–H groups in total. The zero-order valence-corrected chi connectivity index (χ0v) is 18.8. The summed E-state index contributed by atoms with van der Waals surface area (Å²) in [4.78, 5) is 19.8. The van der Waals surface area contributed by atoms with Gasteiger partial charge in [-0.25, -0.2) is 14.5 Å². The van der Waals surface area contributed by atoms with E-state index in [4.69, 9.17) is 5.11 Å². The topological polar surface area (TPSA) is 92.9 Å². The Balaban J connectivity index is 1.56. The van der Waals surface area contributed by atoms with E-state index < -0.39 is 17.8 Å². The van der Waals surface area contributed by atoms with Gasteiger partial charge >= 0.3 is 12.1 Å². The van der Waals surface area contributed by atoms with Crippen LogP contribution in [0.5, 0.6) is 0 Å². The molecule has 2 aromatic heterocycles. The summed E-state index contributed by atoms with van der Waals surface area (Å²) in [5, 5.41) is 15.7. The molecule has 5 rings (SSSR count). The number of hydrogen-bond acceptors (Lipinski definition) is 5. The van der Waals surface area contributed by atoms with Gasteiger partial charge in [0.05, 0.1) is 0 Å². The molecule has 1 aliphatic rings. The molecule has 1 aliphatic carbocycles. The van der Waals surface area contributed by atoms with Crippen LogP contribution in [-0.2, 0) is 23.8 Å². The molecule has 2 aromatic carbocycles. The first-order valence-corrected chi connectivity index (χ1v) is 11.2. The van der Waals surface area contributed by atoms with E-state index in [1.165, 1.54) is 29.6 Å². The van der Waals surface area contributed by atoms with Crippen LogP contribution in [0, 0.1) is 0 Å². The van der Waals surface area contributed by atoms with Gasteiger partial charge in [0.15, 0.2) is 11.5 Å². The van der Waals surface area contributed by atoms with Crippen molar-refractivity contribution in [2.75, 3.05) is 5.32 Å². The number of aromatic nitrogens is 4. The summed E-state index contributed by atoms with van der Waals surface area (Å²) in [6.07, 6.45) is 3.67. The summed E-state index contributed by atoms with van der Waals surface area (Å²) in [6.45, 7) is 0. The molecule has 2 heterocycles. The molecule has 0 saturated heterocycles. The van der Waals surface area contributed by atoms with Gasteiger partial charge in [-0.1, -0.05) is 24.3 Å². The first kappa shape index (κ1) is 23.3. The highest BCUT2D eigenvalue weighted by Crippen LogP contribution is 2.31. The van der Waals surface area contributed by atoms with E-state index in [2.05, 4.69) is 26.4 Å². The number of carboxylic acids is 1. The summed E-state index contributed by atoms with van der Waals surface area (Å²) >= 11 is 0. The number of carbonyl (C=O) groups is 1. The Morgan fingerprint density at radius 1 is 1.08 bits per heavy atom. The number of benzene rings is 2. The van der Waals surface area contributed by atoms with Crippen LogP contribution >= 0.6 is 0 Å². The van der Waals surface area contributed by atoms with Crippen LogP contribution in [0.3, 0.4) is 0 Å². The van der Waals surface area contributed by atoms with Crippen LogP contribution in [0.2, 0.25) is 0 Å². The molecule has 0 amide bonds. The van der Waals surface area contributed by atoms with Gasteiger partial charge in [-0.3, -0.25) is 0 Å². The second kappa shape index (κ2) is 9.29. The predicted molar refractivity (Wildman–Crippen MR) is 128 cm³/mol. The molecule has 0 spiro atoms. The molecule has 0 atom stereocenters. The number of nitrogens with one attached hydrogen (secondary N) is 1. The van der Waals surface area contributed by atoms with E-state index >= 15 is 0 Å². The molecule has 0 aliphatic heterocycles. The number of halogens is 3. The number of aryl methyl sites for hydroxylation is 2. The fraction of sp³-hybridized carbons (Fsp3) is 0.154.